The molecule has 0 saturated heterocycles. The second-order valence-electron chi connectivity index (χ2n) is 4.02. The van der Waals surface area contributed by atoms with E-state index in [-0.39, 0.29) is 5.91 Å². The molecule has 1 aliphatic heterocycles. The van der Waals surface area contributed by atoms with E-state index in [9.17, 15) is 4.79 Å². The highest BCUT2D eigenvalue weighted by molar-refractivity contribution is 14.1. The summed E-state index contributed by atoms with van der Waals surface area (Å²) in [5.74, 6) is 0.533. The maximum Gasteiger partial charge on any atom is 0.258 e. The summed E-state index contributed by atoms with van der Waals surface area (Å²) in [6.45, 7) is 0. The van der Waals surface area contributed by atoms with Crippen LogP contribution in [0.3, 0.4) is 0 Å². The summed E-state index contributed by atoms with van der Waals surface area (Å²) < 4.78 is 6.92. The number of carbonyl (C=O) groups excluding carboxylic acids is 1. The van der Waals surface area contributed by atoms with Gasteiger partial charge in [-0.3, -0.25) is 4.79 Å². The Morgan fingerprint density at radius 2 is 1.94 bits per heavy atom. The molecule has 1 heterocycles. The highest BCUT2D eigenvalue weighted by atomic mass is 127. The molecular weight excluding hydrogens is 341 g/mol. The lowest BCUT2D eigenvalue weighted by Crippen LogP contribution is -2.36. The zero-order chi connectivity index (χ0) is 12.5. The summed E-state index contributed by atoms with van der Waals surface area (Å²) in [7, 11) is 0. The van der Waals surface area contributed by atoms with Crippen molar-refractivity contribution in [3.8, 4) is 5.75 Å². The predicted molar refractivity (Wildman–Crippen MR) is 76.4 cm³/mol. The lowest BCUT2D eigenvalue weighted by atomic mass is 10.1. The second-order valence-corrected chi connectivity index (χ2v) is 5.27. The number of para-hydroxylation sites is 1. The summed E-state index contributed by atoms with van der Waals surface area (Å²) >= 11 is 2.24. The first-order chi connectivity index (χ1) is 8.74. The van der Waals surface area contributed by atoms with Gasteiger partial charge in [0.15, 0.2) is 6.23 Å². The largest absolute Gasteiger partial charge is 0.466 e. The molecular formula is C14H10INO2. The average Bonchev–Trinajstić information content (AvgIpc) is 2.39. The van der Waals surface area contributed by atoms with Gasteiger partial charge in [0.1, 0.15) is 5.75 Å². The van der Waals surface area contributed by atoms with Gasteiger partial charge in [-0.05, 0) is 46.9 Å². The van der Waals surface area contributed by atoms with Crippen LogP contribution in [0.1, 0.15) is 22.1 Å². The van der Waals surface area contributed by atoms with E-state index in [2.05, 4.69) is 27.9 Å². The van der Waals surface area contributed by atoms with Crippen molar-refractivity contribution in [2.24, 2.45) is 0 Å². The lowest BCUT2D eigenvalue weighted by Gasteiger charge is -2.27. The van der Waals surface area contributed by atoms with Crippen molar-refractivity contribution < 1.29 is 9.53 Å². The van der Waals surface area contributed by atoms with Gasteiger partial charge in [0.2, 0.25) is 0 Å². The van der Waals surface area contributed by atoms with Crippen LogP contribution in [0.2, 0.25) is 0 Å². The Balaban J connectivity index is 1.97. The normalized spacial score (nSPS) is 17.6. The minimum Gasteiger partial charge on any atom is -0.466 e. The molecule has 1 amide bonds. The molecule has 2 aromatic carbocycles. The summed E-state index contributed by atoms with van der Waals surface area (Å²) in [6.07, 6.45) is -0.415. The Kier molecular flexibility index (Phi) is 2.95. The topological polar surface area (TPSA) is 38.3 Å². The Morgan fingerprint density at radius 1 is 1.11 bits per heavy atom. The van der Waals surface area contributed by atoms with Gasteiger partial charge in [-0.15, -0.1) is 0 Å². The fourth-order valence-corrected chi connectivity index (χ4v) is 2.50. The van der Waals surface area contributed by atoms with Crippen LogP contribution >= 0.6 is 22.6 Å². The number of halogens is 1. The second kappa shape index (κ2) is 4.61. The first-order valence-electron chi connectivity index (χ1n) is 5.56. The molecule has 18 heavy (non-hydrogen) atoms. The van der Waals surface area contributed by atoms with Gasteiger partial charge in [-0.25, -0.2) is 0 Å². The molecule has 0 radical (unpaired) electrons. The third kappa shape index (κ3) is 2.08. The molecule has 0 fully saturated rings. The first-order valence-corrected chi connectivity index (χ1v) is 6.64. The van der Waals surface area contributed by atoms with Gasteiger partial charge in [0, 0.05) is 9.13 Å². The minimum atomic E-state index is -0.415. The molecule has 0 aliphatic carbocycles. The van der Waals surface area contributed by atoms with Crippen LogP contribution in [0.15, 0.2) is 48.5 Å². The van der Waals surface area contributed by atoms with Crippen LogP contribution in [0.25, 0.3) is 0 Å². The number of amides is 1. The van der Waals surface area contributed by atoms with E-state index >= 15 is 0 Å². The third-order valence-corrected chi connectivity index (χ3v) is 3.46. The third-order valence-electron chi connectivity index (χ3n) is 2.79. The highest BCUT2D eigenvalue weighted by Crippen LogP contribution is 2.29. The molecule has 0 saturated carbocycles. The van der Waals surface area contributed by atoms with E-state index in [4.69, 9.17) is 4.74 Å². The number of fused-ring (bicyclic) bond motifs is 1. The highest BCUT2D eigenvalue weighted by Gasteiger charge is 2.25. The van der Waals surface area contributed by atoms with Crippen molar-refractivity contribution >= 4 is 28.5 Å². The Labute approximate surface area is 118 Å². The quantitative estimate of drug-likeness (QED) is 0.802. The average molecular weight is 351 g/mol. The van der Waals surface area contributed by atoms with Gasteiger partial charge in [-0.1, -0.05) is 24.3 Å². The molecule has 0 aromatic heterocycles. The predicted octanol–water partition coefficient (Wildman–Crippen LogP) is 3.11. The van der Waals surface area contributed by atoms with Gasteiger partial charge in [0.05, 0.1) is 5.56 Å². The molecule has 0 unspecified atom stereocenters. The van der Waals surface area contributed by atoms with E-state index < -0.39 is 6.23 Å². The lowest BCUT2D eigenvalue weighted by molar-refractivity contribution is 0.0756. The zero-order valence-electron chi connectivity index (χ0n) is 9.39. The molecule has 3 nitrogen and oxygen atoms in total. The van der Waals surface area contributed by atoms with E-state index in [1.54, 1.807) is 6.07 Å². The maximum absolute atomic E-state index is 12.0. The summed E-state index contributed by atoms with van der Waals surface area (Å²) in [6, 6.07) is 15.2. The zero-order valence-corrected chi connectivity index (χ0v) is 11.5. The van der Waals surface area contributed by atoms with Gasteiger partial charge in [0.25, 0.3) is 5.91 Å². The number of carbonyl (C=O) groups is 1. The fraction of sp³-hybridized carbons (Fsp3) is 0.0714. The van der Waals surface area contributed by atoms with Gasteiger partial charge < -0.3 is 10.1 Å². The molecule has 1 N–H and O–H groups in total. The Bertz CT molecular complexity index is 612. The number of hydrogen-bond acceptors (Lipinski definition) is 2. The Hall–Kier alpha value is -1.56. The summed E-state index contributed by atoms with van der Waals surface area (Å²) in [4.78, 5) is 12.0. The minimum absolute atomic E-state index is 0.0966. The van der Waals surface area contributed by atoms with E-state index in [0.717, 1.165) is 9.13 Å². The molecule has 1 aliphatic rings. The monoisotopic (exact) mass is 351 g/mol. The van der Waals surface area contributed by atoms with Crippen molar-refractivity contribution in [3.05, 3.63) is 63.2 Å². The van der Waals surface area contributed by atoms with Crippen molar-refractivity contribution in [1.29, 1.82) is 0 Å². The van der Waals surface area contributed by atoms with Crippen molar-refractivity contribution in [1.82, 2.24) is 5.32 Å². The van der Waals surface area contributed by atoms with Crippen molar-refractivity contribution in [2.75, 3.05) is 0 Å². The molecule has 2 aromatic rings. The van der Waals surface area contributed by atoms with Crippen LogP contribution in [0.5, 0.6) is 5.75 Å². The fourth-order valence-electron chi connectivity index (χ4n) is 1.93. The van der Waals surface area contributed by atoms with E-state index in [1.165, 1.54) is 0 Å². The Morgan fingerprint density at radius 3 is 2.78 bits per heavy atom. The molecule has 4 heteroatoms. The number of nitrogens with one attached hydrogen (secondary N) is 1. The van der Waals surface area contributed by atoms with Crippen molar-refractivity contribution in [2.45, 2.75) is 6.23 Å². The van der Waals surface area contributed by atoms with Crippen LogP contribution in [0, 0.1) is 3.57 Å². The number of rotatable bonds is 1. The standard InChI is InChI=1S/C14H10INO2/c15-10-5-3-4-9(8-10)14-16-13(17)11-6-1-2-7-12(11)18-14/h1-8,14H,(H,16,17)/t14-/m1/s1. The molecule has 0 spiro atoms. The van der Waals surface area contributed by atoms with Gasteiger partial charge in [-0.2, -0.15) is 0 Å². The molecule has 90 valence electrons. The van der Waals surface area contributed by atoms with Crippen molar-refractivity contribution in [3.63, 3.8) is 0 Å². The molecule has 1 atom stereocenters. The smallest absolute Gasteiger partial charge is 0.258 e. The maximum atomic E-state index is 12.0. The SMILES string of the molecule is O=C1N[C@@H](c2cccc(I)c2)Oc2ccccc21. The number of ether oxygens (including phenoxy) is 1. The van der Waals surface area contributed by atoms with E-state index in [0.29, 0.717) is 11.3 Å². The van der Waals surface area contributed by atoms with Crippen LogP contribution < -0.4 is 10.1 Å². The summed E-state index contributed by atoms with van der Waals surface area (Å²) in [5.41, 5.74) is 1.53. The van der Waals surface area contributed by atoms with Crippen LogP contribution in [0.4, 0.5) is 0 Å². The molecule has 3 rings (SSSR count). The first kappa shape index (κ1) is 11.5. The van der Waals surface area contributed by atoms with Crippen LogP contribution in [-0.2, 0) is 0 Å². The molecule has 0 bridgehead atoms. The van der Waals surface area contributed by atoms with Crippen LogP contribution in [-0.4, -0.2) is 5.91 Å². The number of benzene rings is 2. The number of hydrogen-bond donors (Lipinski definition) is 1. The van der Waals surface area contributed by atoms with Gasteiger partial charge >= 0.3 is 0 Å². The summed E-state index contributed by atoms with van der Waals surface area (Å²) in [5, 5.41) is 2.85. The van der Waals surface area contributed by atoms with E-state index in [1.807, 2.05) is 42.5 Å².